The Morgan fingerprint density at radius 3 is 2.08 bits per heavy atom. The molecule has 2 aromatic rings. The first kappa shape index (κ1) is 18.2. The Hall–Kier alpha value is -2.18. The van der Waals surface area contributed by atoms with E-state index < -0.39 is 9.85 Å². The molecule has 0 bridgehead atoms. The lowest BCUT2D eigenvalue weighted by molar-refractivity contribution is -0.386. The van der Waals surface area contributed by atoms with Gasteiger partial charge in [0.05, 0.1) is 9.85 Å². The molecule has 0 amide bonds. The third-order valence-corrected chi connectivity index (χ3v) is 4.81. The van der Waals surface area contributed by atoms with Crippen LogP contribution in [0, 0.1) is 41.0 Å². The predicted octanol–water partition coefficient (Wildman–Crippen LogP) is 5.33. The molecular formula is C16H14Cl2N2O4. The fourth-order valence-electron chi connectivity index (χ4n) is 2.63. The number of halogens is 2. The lowest BCUT2D eigenvalue weighted by Crippen LogP contribution is -2.05. The summed E-state index contributed by atoms with van der Waals surface area (Å²) in [6.45, 7) is 4.91. The van der Waals surface area contributed by atoms with Crippen LogP contribution in [-0.2, 0) is 6.42 Å². The minimum absolute atomic E-state index is 0.000139. The van der Waals surface area contributed by atoms with Crippen LogP contribution < -0.4 is 0 Å². The van der Waals surface area contributed by atoms with Crippen LogP contribution in [0.5, 0.6) is 0 Å². The van der Waals surface area contributed by atoms with Gasteiger partial charge in [-0.25, -0.2) is 0 Å². The van der Waals surface area contributed by atoms with E-state index in [-0.39, 0.29) is 22.8 Å². The fourth-order valence-corrected chi connectivity index (χ4v) is 3.16. The summed E-state index contributed by atoms with van der Waals surface area (Å²) in [4.78, 5) is 21.8. The van der Waals surface area contributed by atoms with Gasteiger partial charge >= 0.3 is 0 Å². The highest BCUT2D eigenvalue weighted by atomic mass is 35.5. The van der Waals surface area contributed by atoms with Crippen molar-refractivity contribution in [3.63, 3.8) is 0 Å². The molecule has 0 radical (unpaired) electrons. The molecule has 0 aliphatic carbocycles. The maximum atomic E-state index is 11.4. The molecule has 0 aromatic heterocycles. The molecule has 0 N–H and O–H groups in total. The number of benzene rings is 2. The summed E-state index contributed by atoms with van der Waals surface area (Å²) in [7, 11) is 0. The number of nitro groups is 2. The molecule has 0 atom stereocenters. The minimum Gasteiger partial charge on any atom is -0.258 e. The fraction of sp³-hybridized carbons (Fsp3) is 0.250. The number of nitro benzene ring substituents is 2. The Labute approximate surface area is 148 Å². The van der Waals surface area contributed by atoms with Gasteiger partial charge in [0.1, 0.15) is 5.02 Å². The van der Waals surface area contributed by atoms with Crippen LogP contribution in [-0.4, -0.2) is 9.85 Å². The lowest BCUT2D eigenvalue weighted by atomic mass is 9.94. The van der Waals surface area contributed by atoms with Crippen molar-refractivity contribution >= 4 is 34.6 Å². The van der Waals surface area contributed by atoms with Crippen molar-refractivity contribution in [1.82, 2.24) is 0 Å². The first-order valence-corrected chi connectivity index (χ1v) is 7.76. The van der Waals surface area contributed by atoms with E-state index in [4.69, 9.17) is 23.2 Å². The zero-order chi connectivity index (χ0) is 18.2. The van der Waals surface area contributed by atoms with Crippen molar-refractivity contribution in [2.75, 3.05) is 0 Å². The molecule has 0 unspecified atom stereocenters. The standard InChI is InChI=1S/C16H14Cl2N2O4/c1-8-4-5-11(16(14(8)18)20(23)24)7-12-10(3)13(17)6-9(2)15(12)19(21)22/h4-6H,7H2,1-3H3. The average molecular weight is 369 g/mol. The largest absolute Gasteiger partial charge is 0.291 e. The summed E-state index contributed by atoms with van der Waals surface area (Å²) < 4.78 is 0. The molecule has 0 saturated heterocycles. The highest BCUT2D eigenvalue weighted by Gasteiger charge is 2.26. The van der Waals surface area contributed by atoms with Crippen LogP contribution >= 0.6 is 23.2 Å². The molecule has 0 aliphatic rings. The molecule has 0 saturated carbocycles. The van der Waals surface area contributed by atoms with Gasteiger partial charge in [-0.3, -0.25) is 20.2 Å². The van der Waals surface area contributed by atoms with Crippen molar-refractivity contribution in [2.45, 2.75) is 27.2 Å². The second-order valence-corrected chi connectivity index (χ2v) is 6.31. The van der Waals surface area contributed by atoms with Crippen LogP contribution in [0.2, 0.25) is 10.0 Å². The number of aryl methyl sites for hydroxylation is 2. The van der Waals surface area contributed by atoms with E-state index in [1.807, 2.05) is 0 Å². The summed E-state index contributed by atoms with van der Waals surface area (Å²) in [5.41, 5.74) is 1.86. The minimum atomic E-state index is -0.566. The highest BCUT2D eigenvalue weighted by Crippen LogP contribution is 2.37. The normalized spacial score (nSPS) is 10.7. The number of rotatable bonds is 4. The third kappa shape index (κ3) is 3.20. The zero-order valence-electron chi connectivity index (χ0n) is 13.2. The number of hydrogen-bond acceptors (Lipinski definition) is 4. The van der Waals surface area contributed by atoms with Crippen LogP contribution in [0.15, 0.2) is 18.2 Å². The van der Waals surface area contributed by atoms with Crippen molar-refractivity contribution in [1.29, 1.82) is 0 Å². The molecule has 0 fully saturated rings. The Morgan fingerprint density at radius 2 is 1.54 bits per heavy atom. The summed E-state index contributed by atoms with van der Waals surface area (Å²) in [5, 5.41) is 23.2. The maximum absolute atomic E-state index is 11.4. The quantitative estimate of drug-likeness (QED) is 0.539. The summed E-state index contributed by atoms with van der Waals surface area (Å²) in [5.74, 6) is 0. The van der Waals surface area contributed by atoms with Crippen LogP contribution in [0.4, 0.5) is 11.4 Å². The Kier molecular flexibility index (Phi) is 5.11. The molecule has 8 heteroatoms. The Balaban J connectivity index is 2.72. The monoisotopic (exact) mass is 368 g/mol. The second-order valence-electron chi connectivity index (χ2n) is 5.52. The molecule has 126 valence electrons. The van der Waals surface area contributed by atoms with Gasteiger partial charge in [-0.05, 0) is 38.0 Å². The van der Waals surface area contributed by atoms with E-state index in [1.165, 1.54) is 6.07 Å². The summed E-state index contributed by atoms with van der Waals surface area (Å²) >= 11 is 12.2. The van der Waals surface area contributed by atoms with Gasteiger partial charge in [-0.1, -0.05) is 35.3 Å². The second kappa shape index (κ2) is 6.75. The molecule has 0 aliphatic heterocycles. The van der Waals surface area contributed by atoms with Crippen LogP contribution in [0.25, 0.3) is 0 Å². The summed E-state index contributed by atoms with van der Waals surface area (Å²) in [6, 6.07) is 4.75. The van der Waals surface area contributed by atoms with Gasteiger partial charge in [0.15, 0.2) is 0 Å². The lowest BCUT2D eigenvalue weighted by Gasteiger charge is -2.12. The molecule has 6 nitrogen and oxygen atoms in total. The van der Waals surface area contributed by atoms with Crippen molar-refractivity contribution < 1.29 is 9.85 Å². The molecular weight excluding hydrogens is 355 g/mol. The smallest absolute Gasteiger partial charge is 0.258 e. The first-order chi connectivity index (χ1) is 11.1. The molecule has 0 heterocycles. The van der Waals surface area contributed by atoms with E-state index in [2.05, 4.69) is 0 Å². The SMILES string of the molecule is Cc1ccc(Cc2c(C)c(Cl)cc(C)c2[N+](=O)[O-])c([N+](=O)[O-])c1Cl. The summed E-state index contributed by atoms with van der Waals surface area (Å²) in [6.07, 6.45) is -0.000139. The molecule has 0 spiro atoms. The van der Waals surface area contributed by atoms with Gasteiger partial charge < -0.3 is 0 Å². The molecule has 24 heavy (non-hydrogen) atoms. The Bertz CT molecular complexity index is 866. The average Bonchev–Trinajstić information content (AvgIpc) is 2.47. The molecule has 2 rings (SSSR count). The van der Waals surface area contributed by atoms with Crippen molar-refractivity contribution in [3.05, 3.63) is 76.3 Å². The molecule has 2 aromatic carbocycles. The number of nitrogens with zero attached hydrogens (tertiary/aromatic N) is 2. The van der Waals surface area contributed by atoms with Gasteiger partial charge in [0, 0.05) is 28.1 Å². The van der Waals surface area contributed by atoms with Gasteiger partial charge in [0.25, 0.3) is 11.4 Å². The van der Waals surface area contributed by atoms with Gasteiger partial charge in [0.2, 0.25) is 0 Å². The van der Waals surface area contributed by atoms with Crippen LogP contribution in [0.3, 0.4) is 0 Å². The topological polar surface area (TPSA) is 86.3 Å². The predicted molar refractivity (Wildman–Crippen MR) is 93.2 cm³/mol. The third-order valence-electron chi connectivity index (χ3n) is 3.94. The number of hydrogen-bond donors (Lipinski definition) is 0. The van der Waals surface area contributed by atoms with E-state index in [0.717, 1.165) is 0 Å². The zero-order valence-corrected chi connectivity index (χ0v) is 14.7. The van der Waals surface area contributed by atoms with E-state index in [1.54, 1.807) is 32.9 Å². The van der Waals surface area contributed by atoms with E-state index in [9.17, 15) is 20.2 Å². The van der Waals surface area contributed by atoms with Crippen molar-refractivity contribution in [2.24, 2.45) is 0 Å². The first-order valence-electron chi connectivity index (χ1n) is 7.00. The van der Waals surface area contributed by atoms with E-state index in [0.29, 0.717) is 32.8 Å². The van der Waals surface area contributed by atoms with Gasteiger partial charge in [-0.2, -0.15) is 0 Å². The van der Waals surface area contributed by atoms with Crippen LogP contribution in [0.1, 0.15) is 27.8 Å². The Morgan fingerprint density at radius 1 is 0.958 bits per heavy atom. The maximum Gasteiger partial charge on any atom is 0.291 e. The van der Waals surface area contributed by atoms with Crippen molar-refractivity contribution in [3.8, 4) is 0 Å². The van der Waals surface area contributed by atoms with Gasteiger partial charge in [-0.15, -0.1) is 0 Å². The van der Waals surface area contributed by atoms with E-state index >= 15 is 0 Å². The highest BCUT2D eigenvalue weighted by molar-refractivity contribution is 6.33.